The van der Waals surface area contributed by atoms with E-state index in [1.807, 2.05) is 6.92 Å². The molecule has 1 heterocycles. The van der Waals surface area contributed by atoms with Crippen LogP contribution >= 0.6 is 0 Å². The molecule has 0 aromatic carbocycles. The lowest BCUT2D eigenvalue weighted by atomic mass is 10.1. The van der Waals surface area contributed by atoms with Crippen molar-refractivity contribution >= 4 is 5.78 Å². The van der Waals surface area contributed by atoms with E-state index in [1.165, 1.54) is 6.20 Å². The zero-order chi connectivity index (χ0) is 12.0. The van der Waals surface area contributed by atoms with E-state index >= 15 is 0 Å². The van der Waals surface area contributed by atoms with Crippen molar-refractivity contribution in [3.63, 3.8) is 0 Å². The molecule has 0 radical (unpaired) electrons. The molecular formula is C11H13F2NO2. The monoisotopic (exact) mass is 229 g/mol. The average molecular weight is 229 g/mol. The van der Waals surface area contributed by atoms with Gasteiger partial charge in [-0.3, -0.25) is 9.78 Å². The summed E-state index contributed by atoms with van der Waals surface area (Å²) < 4.78 is 28.0. The minimum Gasteiger partial charge on any atom is -0.375 e. The number of Topliss-reactive ketones (excluding diaryl/α,β-unsaturated/α-hetero) is 1. The molecule has 16 heavy (non-hydrogen) atoms. The number of aryl methyl sites for hydroxylation is 1. The number of carbonyl (C=O) groups excluding carboxylic acids is 1. The third-order valence-corrected chi connectivity index (χ3v) is 1.95. The molecule has 0 bridgehead atoms. The first-order valence-electron chi connectivity index (χ1n) is 4.91. The molecule has 5 heteroatoms. The van der Waals surface area contributed by atoms with Gasteiger partial charge in [-0.15, -0.1) is 0 Å². The highest BCUT2D eigenvalue weighted by atomic mass is 19.3. The van der Waals surface area contributed by atoms with Crippen molar-refractivity contribution in [3.8, 4) is 0 Å². The summed E-state index contributed by atoms with van der Waals surface area (Å²) in [4.78, 5) is 15.5. The number of rotatable bonds is 6. The van der Waals surface area contributed by atoms with Crippen LogP contribution in [0.15, 0.2) is 18.3 Å². The minimum absolute atomic E-state index is 0.0110. The van der Waals surface area contributed by atoms with E-state index in [4.69, 9.17) is 0 Å². The van der Waals surface area contributed by atoms with Crippen LogP contribution in [0.2, 0.25) is 0 Å². The maximum Gasteiger partial charge on any atom is 0.261 e. The normalized spacial score (nSPS) is 10.8. The van der Waals surface area contributed by atoms with Gasteiger partial charge < -0.3 is 4.74 Å². The van der Waals surface area contributed by atoms with Gasteiger partial charge in [0, 0.05) is 23.9 Å². The van der Waals surface area contributed by atoms with Crippen molar-refractivity contribution in [1.82, 2.24) is 4.98 Å². The first-order chi connectivity index (χ1) is 7.59. The molecule has 0 atom stereocenters. The van der Waals surface area contributed by atoms with Crippen molar-refractivity contribution in [1.29, 1.82) is 0 Å². The van der Waals surface area contributed by atoms with E-state index in [2.05, 4.69) is 9.72 Å². The number of hydrogen-bond acceptors (Lipinski definition) is 3. The molecule has 0 amide bonds. The Bertz CT molecular complexity index is 338. The fourth-order valence-electron chi connectivity index (χ4n) is 1.11. The van der Waals surface area contributed by atoms with E-state index in [0.717, 1.165) is 5.69 Å². The molecule has 1 aromatic rings. The molecule has 0 aliphatic rings. The van der Waals surface area contributed by atoms with Gasteiger partial charge in [0.05, 0.1) is 6.61 Å². The Morgan fingerprint density at radius 1 is 1.50 bits per heavy atom. The molecule has 3 nitrogen and oxygen atoms in total. The largest absolute Gasteiger partial charge is 0.375 e. The third-order valence-electron chi connectivity index (χ3n) is 1.95. The molecule has 0 N–H and O–H groups in total. The van der Waals surface area contributed by atoms with Crippen molar-refractivity contribution < 1.29 is 18.3 Å². The maximum absolute atomic E-state index is 11.7. The second-order valence-electron chi connectivity index (χ2n) is 3.33. The fraction of sp³-hybridized carbons (Fsp3) is 0.455. The molecular weight excluding hydrogens is 216 g/mol. The number of hydrogen-bond donors (Lipinski definition) is 0. The number of ether oxygens (including phenoxy) is 1. The highest BCUT2D eigenvalue weighted by Gasteiger charge is 2.07. The molecule has 1 rings (SSSR count). The highest BCUT2D eigenvalue weighted by molar-refractivity contribution is 5.95. The molecule has 0 saturated carbocycles. The van der Waals surface area contributed by atoms with Gasteiger partial charge in [-0.05, 0) is 19.1 Å². The third kappa shape index (κ3) is 4.44. The van der Waals surface area contributed by atoms with E-state index in [-0.39, 0.29) is 18.8 Å². The molecule has 0 saturated heterocycles. The van der Waals surface area contributed by atoms with Crippen molar-refractivity contribution in [3.05, 3.63) is 29.6 Å². The SMILES string of the molecule is Cc1ccc(C(=O)CCOCC(F)F)cn1. The number of alkyl halides is 2. The summed E-state index contributed by atoms with van der Waals surface area (Å²) in [5, 5.41) is 0. The Balaban J connectivity index is 2.32. The highest BCUT2D eigenvalue weighted by Crippen LogP contribution is 2.04. The van der Waals surface area contributed by atoms with Crippen LogP contribution in [0.4, 0.5) is 8.78 Å². The summed E-state index contributed by atoms with van der Waals surface area (Å²) in [5.41, 5.74) is 1.30. The molecule has 0 unspecified atom stereocenters. The quantitative estimate of drug-likeness (QED) is 0.554. The fourth-order valence-corrected chi connectivity index (χ4v) is 1.11. The second kappa shape index (κ2) is 6.27. The number of pyridine rings is 1. The summed E-state index contributed by atoms with van der Waals surface area (Å²) in [7, 11) is 0. The Morgan fingerprint density at radius 2 is 2.25 bits per heavy atom. The first kappa shape index (κ1) is 12.7. The van der Waals surface area contributed by atoms with Crippen LogP contribution in [0.5, 0.6) is 0 Å². The maximum atomic E-state index is 11.7. The van der Waals surface area contributed by atoms with Gasteiger partial charge in [0.15, 0.2) is 5.78 Å². The van der Waals surface area contributed by atoms with Gasteiger partial charge in [-0.2, -0.15) is 0 Å². The second-order valence-corrected chi connectivity index (χ2v) is 3.33. The van der Waals surface area contributed by atoms with Gasteiger partial charge in [-0.25, -0.2) is 8.78 Å². The lowest BCUT2D eigenvalue weighted by molar-refractivity contribution is 0.0170. The van der Waals surface area contributed by atoms with Crippen LogP contribution in [0.25, 0.3) is 0 Å². The molecule has 0 fully saturated rings. The van der Waals surface area contributed by atoms with E-state index < -0.39 is 13.0 Å². The van der Waals surface area contributed by atoms with E-state index in [1.54, 1.807) is 12.1 Å². The lowest BCUT2D eigenvalue weighted by Gasteiger charge is -2.03. The molecule has 0 aliphatic carbocycles. The number of halogens is 2. The molecule has 0 spiro atoms. The van der Waals surface area contributed by atoms with Crippen LogP contribution in [0.3, 0.4) is 0 Å². The smallest absolute Gasteiger partial charge is 0.261 e. The Hall–Kier alpha value is -1.36. The van der Waals surface area contributed by atoms with E-state index in [9.17, 15) is 13.6 Å². The van der Waals surface area contributed by atoms with Crippen molar-refractivity contribution in [2.45, 2.75) is 19.8 Å². The Morgan fingerprint density at radius 3 is 2.81 bits per heavy atom. The molecule has 1 aromatic heterocycles. The van der Waals surface area contributed by atoms with Crippen molar-refractivity contribution in [2.75, 3.05) is 13.2 Å². The van der Waals surface area contributed by atoms with Crippen LogP contribution in [0.1, 0.15) is 22.5 Å². The zero-order valence-electron chi connectivity index (χ0n) is 8.95. The predicted octanol–water partition coefficient (Wildman–Crippen LogP) is 2.24. The van der Waals surface area contributed by atoms with Crippen LogP contribution in [-0.4, -0.2) is 30.4 Å². The molecule has 88 valence electrons. The Labute approximate surface area is 92.4 Å². The first-order valence-corrected chi connectivity index (χ1v) is 4.91. The zero-order valence-corrected chi connectivity index (χ0v) is 8.95. The number of ketones is 1. The van der Waals surface area contributed by atoms with Gasteiger partial charge in [0.2, 0.25) is 0 Å². The number of aromatic nitrogens is 1. The van der Waals surface area contributed by atoms with Crippen molar-refractivity contribution in [2.24, 2.45) is 0 Å². The minimum atomic E-state index is -2.49. The molecule has 0 aliphatic heterocycles. The van der Waals surface area contributed by atoms with Crippen LogP contribution < -0.4 is 0 Å². The summed E-state index contributed by atoms with van der Waals surface area (Å²) >= 11 is 0. The summed E-state index contributed by atoms with van der Waals surface area (Å²) in [6, 6.07) is 3.39. The van der Waals surface area contributed by atoms with Gasteiger partial charge in [-0.1, -0.05) is 0 Å². The lowest BCUT2D eigenvalue weighted by Crippen LogP contribution is -2.09. The topological polar surface area (TPSA) is 39.2 Å². The van der Waals surface area contributed by atoms with E-state index in [0.29, 0.717) is 5.56 Å². The van der Waals surface area contributed by atoms with Crippen LogP contribution in [0, 0.1) is 6.92 Å². The summed E-state index contributed by atoms with van der Waals surface area (Å²) in [6.45, 7) is 1.20. The average Bonchev–Trinajstić information content (AvgIpc) is 2.25. The standard InChI is InChI=1S/C11H13F2NO2/c1-8-2-3-9(6-14-8)10(15)4-5-16-7-11(12)13/h2-3,6,11H,4-5,7H2,1H3. The van der Waals surface area contributed by atoms with Gasteiger partial charge in [0.25, 0.3) is 6.43 Å². The van der Waals surface area contributed by atoms with Gasteiger partial charge >= 0.3 is 0 Å². The summed E-state index contributed by atoms with van der Waals surface area (Å²) in [6.07, 6.45) is -0.918. The predicted molar refractivity (Wildman–Crippen MR) is 54.7 cm³/mol. The van der Waals surface area contributed by atoms with Gasteiger partial charge in [0.1, 0.15) is 6.61 Å². The number of nitrogens with zero attached hydrogens (tertiary/aromatic N) is 1. The Kier molecular flexibility index (Phi) is 4.98. The number of carbonyl (C=O) groups is 1. The summed E-state index contributed by atoms with van der Waals surface area (Å²) in [5.74, 6) is -0.151. The van der Waals surface area contributed by atoms with Crippen LogP contribution in [-0.2, 0) is 4.74 Å².